The van der Waals surface area contributed by atoms with E-state index in [1.54, 1.807) is 7.11 Å². The Hall–Kier alpha value is -2.00. The standard InChI is InChI=1S/C27H38ClN3O4S/c1-19-20(2)26(35-16-6-13-29-36(4,32)33)12-10-23(19)25-8-5-7-22-18-30(14-15-31(22)25)21-9-11-24(28)27(17-21)34-3/h9-12,17,22,25,29H,5-8,13-16,18H2,1-4H3/t22?,25-/m1/s1. The number of fused-ring (bicyclic) bond motifs is 1. The largest absolute Gasteiger partial charge is 0.495 e. The van der Waals surface area contributed by atoms with Gasteiger partial charge in [-0.1, -0.05) is 17.7 Å². The summed E-state index contributed by atoms with van der Waals surface area (Å²) in [5.74, 6) is 1.60. The van der Waals surface area contributed by atoms with Gasteiger partial charge >= 0.3 is 0 Å². The fourth-order valence-corrected chi connectivity index (χ4v) is 6.22. The monoisotopic (exact) mass is 535 g/mol. The van der Waals surface area contributed by atoms with Gasteiger partial charge in [0.25, 0.3) is 0 Å². The van der Waals surface area contributed by atoms with Crippen LogP contribution in [0.25, 0.3) is 0 Å². The molecule has 0 bridgehead atoms. The summed E-state index contributed by atoms with van der Waals surface area (Å²) in [5.41, 5.74) is 5.01. The predicted octanol–water partition coefficient (Wildman–Crippen LogP) is 4.70. The maximum Gasteiger partial charge on any atom is 0.208 e. The number of anilines is 1. The smallest absolute Gasteiger partial charge is 0.208 e. The molecule has 9 heteroatoms. The SMILES string of the molecule is COc1cc(N2CCN3C(CCC[C@@H]3c3ccc(OCCCNS(C)(=O)=O)c(C)c3C)C2)ccc1Cl. The highest BCUT2D eigenvalue weighted by Crippen LogP contribution is 2.40. The van der Waals surface area contributed by atoms with Crippen LogP contribution in [0, 0.1) is 13.8 Å². The first kappa shape index (κ1) is 27.0. The maximum atomic E-state index is 11.2. The third-order valence-corrected chi connectivity index (χ3v) is 8.57. The zero-order chi connectivity index (χ0) is 25.9. The summed E-state index contributed by atoms with van der Waals surface area (Å²) in [4.78, 5) is 5.16. The number of piperazine rings is 1. The molecule has 2 aliphatic heterocycles. The van der Waals surface area contributed by atoms with Gasteiger partial charge < -0.3 is 14.4 Å². The number of methoxy groups -OCH3 is 1. The molecule has 0 aliphatic carbocycles. The molecule has 4 rings (SSSR count). The number of nitrogens with one attached hydrogen (secondary N) is 1. The third-order valence-electron chi connectivity index (χ3n) is 7.52. The molecule has 2 aromatic rings. The van der Waals surface area contributed by atoms with E-state index in [2.05, 4.69) is 46.6 Å². The number of nitrogens with zero attached hydrogens (tertiary/aromatic N) is 2. The number of hydrogen-bond acceptors (Lipinski definition) is 6. The molecule has 1 N–H and O–H groups in total. The normalized spacial score (nSPS) is 20.8. The fourth-order valence-electron chi connectivity index (χ4n) is 5.51. The molecule has 2 fully saturated rings. The molecular formula is C27H38ClN3O4S. The molecule has 36 heavy (non-hydrogen) atoms. The van der Waals surface area contributed by atoms with Gasteiger partial charge in [-0.15, -0.1) is 0 Å². The first-order chi connectivity index (χ1) is 17.2. The topological polar surface area (TPSA) is 71.1 Å². The second kappa shape index (κ2) is 11.6. The van der Waals surface area contributed by atoms with Gasteiger partial charge in [-0.25, -0.2) is 13.1 Å². The average Bonchev–Trinajstić information content (AvgIpc) is 2.85. The van der Waals surface area contributed by atoms with Crippen LogP contribution in [0.2, 0.25) is 5.02 Å². The lowest BCUT2D eigenvalue weighted by Gasteiger charge is -2.49. The molecule has 0 spiro atoms. The van der Waals surface area contributed by atoms with Crippen molar-refractivity contribution in [2.75, 3.05) is 51.1 Å². The Morgan fingerprint density at radius 3 is 2.64 bits per heavy atom. The molecule has 1 unspecified atom stereocenters. The van der Waals surface area contributed by atoms with Crippen molar-refractivity contribution in [3.05, 3.63) is 52.0 Å². The molecule has 2 heterocycles. The zero-order valence-electron chi connectivity index (χ0n) is 21.7. The molecule has 2 aromatic carbocycles. The minimum atomic E-state index is -3.16. The number of piperidine rings is 1. The van der Waals surface area contributed by atoms with Crippen molar-refractivity contribution in [2.45, 2.75) is 51.6 Å². The number of rotatable bonds is 9. The summed E-state index contributed by atoms with van der Waals surface area (Å²) >= 11 is 6.24. The van der Waals surface area contributed by atoms with Gasteiger partial charge in [-0.05, 0) is 74.4 Å². The number of halogens is 1. The van der Waals surface area contributed by atoms with E-state index in [-0.39, 0.29) is 0 Å². The fraction of sp³-hybridized carbons (Fsp3) is 0.556. The van der Waals surface area contributed by atoms with E-state index in [4.69, 9.17) is 21.1 Å². The minimum Gasteiger partial charge on any atom is -0.495 e. The van der Waals surface area contributed by atoms with Crippen molar-refractivity contribution >= 4 is 27.3 Å². The summed E-state index contributed by atoms with van der Waals surface area (Å²) in [5, 5.41) is 0.640. The average molecular weight is 536 g/mol. The van der Waals surface area contributed by atoms with Crippen molar-refractivity contribution in [2.24, 2.45) is 0 Å². The number of benzene rings is 2. The lowest BCUT2D eigenvalue weighted by atomic mass is 9.86. The quantitative estimate of drug-likeness (QED) is 0.469. The number of hydrogen-bond donors (Lipinski definition) is 1. The Kier molecular flexibility index (Phi) is 8.71. The Morgan fingerprint density at radius 2 is 1.89 bits per heavy atom. The molecule has 2 aliphatic rings. The second-order valence-corrected chi connectivity index (χ2v) is 12.1. The van der Waals surface area contributed by atoms with E-state index in [9.17, 15) is 8.42 Å². The van der Waals surface area contributed by atoms with E-state index in [1.807, 2.05) is 12.1 Å². The van der Waals surface area contributed by atoms with Gasteiger partial charge in [0.15, 0.2) is 0 Å². The molecule has 7 nitrogen and oxygen atoms in total. The summed E-state index contributed by atoms with van der Waals surface area (Å²) in [6, 6.07) is 11.3. The van der Waals surface area contributed by atoms with Crippen molar-refractivity contribution in [1.82, 2.24) is 9.62 Å². The minimum absolute atomic E-state index is 0.382. The Bertz CT molecular complexity index is 1170. The highest BCUT2D eigenvalue weighted by atomic mass is 35.5. The van der Waals surface area contributed by atoms with E-state index in [0.717, 1.165) is 36.7 Å². The van der Waals surface area contributed by atoms with Gasteiger partial charge in [0.1, 0.15) is 11.5 Å². The van der Waals surface area contributed by atoms with Crippen LogP contribution in [0.5, 0.6) is 11.5 Å². The molecule has 2 saturated heterocycles. The lowest BCUT2D eigenvalue weighted by Crippen LogP contribution is -2.56. The van der Waals surface area contributed by atoms with E-state index in [1.165, 1.54) is 42.3 Å². The van der Waals surface area contributed by atoms with Gasteiger partial charge in [0, 0.05) is 50.0 Å². The van der Waals surface area contributed by atoms with Crippen LogP contribution in [0.1, 0.15) is 48.4 Å². The Balaban J connectivity index is 1.42. The van der Waals surface area contributed by atoms with Gasteiger partial charge in [-0.3, -0.25) is 4.90 Å². The molecule has 0 aromatic heterocycles. The van der Waals surface area contributed by atoms with Crippen LogP contribution in [0.3, 0.4) is 0 Å². The van der Waals surface area contributed by atoms with Crippen molar-refractivity contribution in [3.63, 3.8) is 0 Å². The first-order valence-corrected chi connectivity index (χ1v) is 15.0. The first-order valence-electron chi connectivity index (χ1n) is 12.7. The van der Waals surface area contributed by atoms with Gasteiger partial charge in [0.05, 0.1) is 25.0 Å². The summed E-state index contributed by atoms with van der Waals surface area (Å²) in [6.07, 6.45) is 5.39. The molecule has 0 saturated carbocycles. The molecule has 198 valence electrons. The van der Waals surface area contributed by atoms with Crippen LogP contribution >= 0.6 is 11.6 Å². The van der Waals surface area contributed by atoms with E-state index in [0.29, 0.717) is 36.7 Å². The Morgan fingerprint density at radius 1 is 1.08 bits per heavy atom. The van der Waals surface area contributed by atoms with Crippen molar-refractivity contribution in [3.8, 4) is 11.5 Å². The molecule has 2 atom stereocenters. The van der Waals surface area contributed by atoms with E-state index < -0.39 is 10.0 Å². The van der Waals surface area contributed by atoms with Crippen LogP contribution in [0.4, 0.5) is 5.69 Å². The van der Waals surface area contributed by atoms with Crippen molar-refractivity contribution < 1.29 is 17.9 Å². The van der Waals surface area contributed by atoms with E-state index >= 15 is 0 Å². The highest BCUT2D eigenvalue weighted by Gasteiger charge is 2.36. The zero-order valence-corrected chi connectivity index (χ0v) is 23.3. The molecule has 0 radical (unpaired) electrons. The number of ether oxygens (including phenoxy) is 2. The van der Waals surface area contributed by atoms with Crippen molar-refractivity contribution in [1.29, 1.82) is 0 Å². The highest BCUT2D eigenvalue weighted by molar-refractivity contribution is 7.88. The maximum absolute atomic E-state index is 11.2. The van der Waals surface area contributed by atoms with Gasteiger partial charge in [0.2, 0.25) is 10.0 Å². The second-order valence-electron chi connectivity index (χ2n) is 9.87. The van der Waals surface area contributed by atoms with Crippen LogP contribution < -0.4 is 19.1 Å². The summed E-state index contributed by atoms with van der Waals surface area (Å²) < 4.78 is 36.4. The van der Waals surface area contributed by atoms with Crippen LogP contribution in [-0.4, -0.2) is 65.5 Å². The van der Waals surface area contributed by atoms with Crippen LogP contribution in [0.15, 0.2) is 30.3 Å². The molecule has 0 amide bonds. The molecular weight excluding hydrogens is 498 g/mol. The number of sulfonamides is 1. The Labute approximate surface area is 220 Å². The lowest BCUT2D eigenvalue weighted by molar-refractivity contribution is 0.0712. The third kappa shape index (κ3) is 6.28. The van der Waals surface area contributed by atoms with Crippen LogP contribution in [-0.2, 0) is 10.0 Å². The van der Waals surface area contributed by atoms with Gasteiger partial charge in [-0.2, -0.15) is 0 Å². The summed E-state index contributed by atoms with van der Waals surface area (Å²) in [7, 11) is -1.50. The summed E-state index contributed by atoms with van der Waals surface area (Å²) in [6.45, 7) is 8.17. The predicted molar refractivity (Wildman–Crippen MR) is 146 cm³/mol.